The van der Waals surface area contributed by atoms with E-state index in [0.717, 1.165) is 0 Å². The first-order valence-corrected chi connectivity index (χ1v) is 6.80. The fourth-order valence-corrected chi connectivity index (χ4v) is 1.89. The van der Waals surface area contributed by atoms with Crippen LogP contribution < -0.4 is 16.4 Å². The Labute approximate surface area is 128 Å². The maximum atomic E-state index is 13.6. The van der Waals surface area contributed by atoms with Crippen LogP contribution in [0.3, 0.4) is 0 Å². The third-order valence-electron chi connectivity index (χ3n) is 3.05. The highest BCUT2D eigenvalue weighted by molar-refractivity contribution is 5.96. The van der Waals surface area contributed by atoms with Crippen LogP contribution in [-0.4, -0.2) is 26.2 Å². The lowest BCUT2D eigenvalue weighted by Gasteiger charge is -2.11. The molecule has 4 N–H and O–H groups in total. The van der Waals surface area contributed by atoms with Crippen LogP contribution in [-0.2, 0) is 4.74 Å². The van der Waals surface area contributed by atoms with Crippen LogP contribution in [0.2, 0.25) is 0 Å². The Kier molecular flexibility index (Phi) is 5.32. The number of rotatable bonds is 6. The van der Waals surface area contributed by atoms with Gasteiger partial charge in [-0.2, -0.15) is 0 Å². The largest absolute Gasteiger partial charge is 0.397 e. The standard InChI is InChI=1S/C16H18FN3O2/c1-22-9-8-19-16(21)11-6-7-15(13(18)10-11)20-14-5-3-2-4-12(14)17/h2-7,10,20H,8-9,18H2,1H3,(H,19,21). The molecule has 0 aliphatic rings. The van der Waals surface area contributed by atoms with Crippen molar-refractivity contribution in [3.63, 3.8) is 0 Å². The smallest absolute Gasteiger partial charge is 0.251 e. The first kappa shape index (κ1) is 15.8. The van der Waals surface area contributed by atoms with E-state index in [0.29, 0.717) is 35.8 Å². The number of methoxy groups -OCH3 is 1. The summed E-state index contributed by atoms with van der Waals surface area (Å²) in [6.07, 6.45) is 0. The molecule has 2 aromatic carbocycles. The molecule has 0 radical (unpaired) electrons. The molecule has 0 fully saturated rings. The second kappa shape index (κ2) is 7.42. The fourth-order valence-electron chi connectivity index (χ4n) is 1.89. The van der Waals surface area contributed by atoms with E-state index in [1.807, 2.05) is 0 Å². The van der Waals surface area contributed by atoms with Crippen LogP contribution >= 0.6 is 0 Å². The Balaban J connectivity index is 2.10. The topological polar surface area (TPSA) is 76.4 Å². The number of anilines is 3. The first-order chi connectivity index (χ1) is 10.6. The van der Waals surface area contributed by atoms with Gasteiger partial charge in [-0.1, -0.05) is 12.1 Å². The number of hydrogen-bond donors (Lipinski definition) is 3. The maximum Gasteiger partial charge on any atom is 0.251 e. The molecule has 0 unspecified atom stereocenters. The minimum atomic E-state index is -0.372. The summed E-state index contributed by atoms with van der Waals surface area (Å²) in [6, 6.07) is 11.1. The molecule has 1 amide bonds. The van der Waals surface area contributed by atoms with Gasteiger partial charge >= 0.3 is 0 Å². The lowest BCUT2D eigenvalue weighted by molar-refractivity contribution is 0.0937. The predicted molar refractivity (Wildman–Crippen MR) is 84.7 cm³/mol. The van der Waals surface area contributed by atoms with Gasteiger partial charge in [-0.05, 0) is 30.3 Å². The van der Waals surface area contributed by atoms with Crippen molar-refractivity contribution in [2.75, 3.05) is 31.3 Å². The van der Waals surface area contributed by atoms with Gasteiger partial charge in [0.05, 0.1) is 23.7 Å². The van der Waals surface area contributed by atoms with E-state index < -0.39 is 0 Å². The Hall–Kier alpha value is -2.60. The molecule has 0 saturated carbocycles. The van der Waals surface area contributed by atoms with Crippen molar-refractivity contribution in [3.8, 4) is 0 Å². The summed E-state index contributed by atoms with van der Waals surface area (Å²) in [4.78, 5) is 11.9. The molecule has 0 saturated heterocycles. The molecule has 116 valence electrons. The molecule has 0 bridgehead atoms. The highest BCUT2D eigenvalue weighted by Gasteiger charge is 2.09. The number of ether oxygens (including phenoxy) is 1. The van der Waals surface area contributed by atoms with Crippen LogP contribution in [0.25, 0.3) is 0 Å². The molecule has 0 aliphatic carbocycles. The predicted octanol–water partition coefficient (Wildman–Crippen LogP) is 2.53. The first-order valence-electron chi connectivity index (χ1n) is 6.80. The summed E-state index contributed by atoms with van der Waals surface area (Å²) in [5, 5.41) is 5.61. The van der Waals surface area contributed by atoms with E-state index in [-0.39, 0.29) is 11.7 Å². The Morgan fingerprint density at radius 1 is 1.23 bits per heavy atom. The lowest BCUT2D eigenvalue weighted by atomic mass is 10.1. The number of hydrogen-bond acceptors (Lipinski definition) is 4. The molecule has 2 rings (SSSR count). The minimum absolute atomic E-state index is 0.235. The highest BCUT2D eigenvalue weighted by atomic mass is 19.1. The van der Waals surface area contributed by atoms with E-state index in [4.69, 9.17) is 10.5 Å². The van der Waals surface area contributed by atoms with Crippen LogP contribution in [0, 0.1) is 5.82 Å². The van der Waals surface area contributed by atoms with Crippen LogP contribution in [0.1, 0.15) is 10.4 Å². The highest BCUT2D eigenvalue weighted by Crippen LogP contribution is 2.25. The monoisotopic (exact) mass is 303 g/mol. The van der Waals surface area contributed by atoms with E-state index in [1.54, 1.807) is 43.5 Å². The van der Waals surface area contributed by atoms with Gasteiger partial charge < -0.3 is 21.1 Å². The molecular weight excluding hydrogens is 285 g/mol. The van der Waals surface area contributed by atoms with Gasteiger partial charge in [0.25, 0.3) is 5.91 Å². The molecule has 0 aromatic heterocycles. The summed E-state index contributed by atoms with van der Waals surface area (Å²) < 4.78 is 18.5. The van der Waals surface area contributed by atoms with E-state index in [2.05, 4.69) is 10.6 Å². The average molecular weight is 303 g/mol. The van der Waals surface area contributed by atoms with Crippen molar-refractivity contribution in [1.82, 2.24) is 5.32 Å². The minimum Gasteiger partial charge on any atom is -0.397 e. The number of carbonyl (C=O) groups excluding carboxylic acids is 1. The Morgan fingerprint density at radius 2 is 2.00 bits per heavy atom. The molecule has 6 heteroatoms. The van der Waals surface area contributed by atoms with Crippen LogP contribution in [0.4, 0.5) is 21.5 Å². The molecule has 0 spiro atoms. The SMILES string of the molecule is COCCNC(=O)c1ccc(Nc2ccccc2F)c(N)c1. The summed E-state index contributed by atoms with van der Waals surface area (Å²) in [5.41, 5.74) is 7.59. The van der Waals surface area contributed by atoms with Gasteiger partial charge in [-0.15, -0.1) is 0 Å². The van der Waals surface area contributed by atoms with E-state index in [1.165, 1.54) is 6.07 Å². The zero-order valence-corrected chi connectivity index (χ0v) is 12.2. The second-order valence-corrected chi connectivity index (χ2v) is 4.66. The van der Waals surface area contributed by atoms with Crippen molar-refractivity contribution in [2.24, 2.45) is 0 Å². The number of nitrogens with two attached hydrogens (primary N) is 1. The lowest BCUT2D eigenvalue weighted by Crippen LogP contribution is -2.27. The van der Waals surface area contributed by atoms with Crippen molar-refractivity contribution < 1.29 is 13.9 Å². The number of carbonyl (C=O) groups is 1. The third kappa shape index (κ3) is 3.95. The Bertz CT molecular complexity index is 662. The van der Waals surface area contributed by atoms with Crippen LogP contribution in [0.15, 0.2) is 42.5 Å². The van der Waals surface area contributed by atoms with Crippen molar-refractivity contribution >= 4 is 23.0 Å². The fraction of sp³-hybridized carbons (Fsp3) is 0.188. The van der Waals surface area contributed by atoms with Gasteiger partial charge in [0.1, 0.15) is 5.82 Å². The van der Waals surface area contributed by atoms with Gasteiger partial charge in [0.15, 0.2) is 0 Å². The van der Waals surface area contributed by atoms with Gasteiger partial charge in [-0.3, -0.25) is 4.79 Å². The molecule has 2 aromatic rings. The summed E-state index contributed by atoms with van der Waals surface area (Å²) >= 11 is 0. The molecule has 0 heterocycles. The zero-order chi connectivity index (χ0) is 15.9. The molecule has 0 atom stereocenters. The van der Waals surface area contributed by atoms with Crippen molar-refractivity contribution in [2.45, 2.75) is 0 Å². The molecule has 5 nitrogen and oxygen atoms in total. The number of para-hydroxylation sites is 1. The molecule has 22 heavy (non-hydrogen) atoms. The third-order valence-corrected chi connectivity index (χ3v) is 3.05. The number of halogens is 1. The average Bonchev–Trinajstić information content (AvgIpc) is 2.51. The number of nitrogens with one attached hydrogen (secondary N) is 2. The zero-order valence-electron chi connectivity index (χ0n) is 12.2. The number of benzene rings is 2. The van der Waals surface area contributed by atoms with Gasteiger partial charge in [-0.25, -0.2) is 4.39 Å². The van der Waals surface area contributed by atoms with Gasteiger partial charge in [0.2, 0.25) is 0 Å². The van der Waals surface area contributed by atoms with Crippen LogP contribution in [0.5, 0.6) is 0 Å². The Morgan fingerprint density at radius 3 is 2.68 bits per heavy atom. The second-order valence-electron chi connectivity index (χ2n) is 4.66. The summed E-state index contributed by atoms with van der Waals surface area (Å²) in [7, 11) is 1.56. The normalized spacial score (nSPS) is 10.3. The summed E-state index contributed by atoms with van der Waals surface area (Å²) in [6.45, 7) is 0.860. The van der Waals surface area contributed by atoms with Gasteiger partial charge in [0, 0.05) is 19.2 Å². The number of amides is 1. The maximum absolute atomic E-state index is 13.6. The summed E-state index contributed by atoms with van der Waals surface area (Å²) in [5.74, 6) is -0.607. The van der Waals surface area contributed by atoms with E-state index >= 15 is 0 Å². The quantitative estimate of drug-likeness (QED) is 0.566. The molecular formula is C16H18FN3O2. The van der Waals surface area contributed by atoms with E-state index in [9.17, 15) is 9.18 Å². The molecule has 0 aliphatic heterocycles. The van der Waals surface area contributed by atoms with Crippen molar-refractivity contribution in [3.05, 3.63) is 53.8 Å². The number of nitrogen functional groups attached to an aromatic ring is 1. The van der Waals surface area contributed by atoms with Crippen molar-refractivity contribution in [1.29, 1.82) is 0 Å².